The topological polar surface area (TPSA) is 52.0 Å². The Balaban J connectivity index is 2.05. The number of benzene rings is 1. The first-order valence-electron chi connectivity index (χ1n) is 6.74. The van der Waals surface area contributed by atoms with Crippen LogP contribution in [0.1, 0.15) is 34.4 Å². The zero-order chi connectivity index (χ0) is 14.3. The summed E-state index contributed by atoms with van der Waals surface area (Å²) in [5.74, 6) is 1.78. The van der Waals surface area contributed by atoms with Crippen molar-refractivity contribution in [2.45, 2.75) is 26.8 Å². The van der Waals surface area contributed by atoms with E-state index in [1.165, 1.54) is 0 Å². The Morgan fingerprint density at radius 3 is 2.55 bits per heavy atom. The molecule has 0 saturated heterocycles. The van der Waals surface area contributed by atoms with Gasteiger partial charge in [0.1, 0.15) is 11.5 Å². The molecule has 0 aliphatic heterocycles. The van der Waals surface area contributed by atoms with Gasteiger partial charge in [0.2, 0.25) is 0 Å². The van der Waals surface area contributed by atoms with Gasteiger partial charge in [0.15, 0.2) is 0 Å². The van der Waals surface area contributed by atoms with Gasteiger partial charge in [-0.05, 0) is 50.6 Å². The molecule has 2 N–H and O–H groups in total. The van der Waals surface area contributed by atoms with Crippen molar-refractivity contribution in [1.82, 2.24) is 4.98 Å². The van der Waals surface area contributed by atoms with Gasteiger partial charge in [-0.2, -0.15) is 0 Å². The van der Waals surface area contributed by atoms with E-state index in [4.69, 9.17) is 10.2 Å². The molecule has 1 unspecified atom stereocenters. The van der Waals surface area contributed by atoms with Crippen molar-refractivity contribution in [1.29, 1.82) is 0 Å². The number of fused-ring (bicyclic) bond motifs is 1. The van der Waals surface area contributed by atoms with Crippen molar-refractivity contribution < 1.29 is 4.42 Å². The predicted octanol–water partition coefficient (Wildman–Crippen LogP) is 3.80. The minimum Gasteiger partial charge on any atom is -0.466 e. The second-order valence-electron chi connectivity index (χ2n) is 5.25. The smallest absolute Gasteiger partial charge is 0.106 e. The van der Waals surface area contributed by atoms with Gasteiger partial charge < -0.3 is 10.2 Å². The van der Waals surface area contributed by atoms with Crippen LogP contribution in [0.4, 0.5) is 0 Å². The molecule has 0 saturated carbocycles. The first kappa shape index (κ1) is 12.9. The number of aryl methyl sites for hydroxylation is 3. The van der Waals surface area contributed by atoms with Gasteiger partial charge in [0, 0.05) is 16.6 Å². The van der Waals surface area contributed by atoms with E-state index in [1.54, 1.807) is 0 Å². The van der Waals surface area contributed by atoms with E-state index in [1.807, 2.05) is 45.0 Å². The maximum absolute atomic E-state index is 6.37. The molecule has 3 heteroatoms. The van der Waals surface area contributed by atoms with Crippen molar-refractivity contribution >= 4 is 10.9 Å². The van der Waals surface area contributed by atoms with Gasteiger partial charge in [-0.15, -0.1) is 0 Å². The second-order valence-corrected chi connectivity index (χ2v) is 5.25. The Morgan fingerprint density at radius 1 is 1.05 bits per heavy atom. The molecule has 0 radical (unpaired) electrons. The van der Waals surface area contributed by atoms with Gasteiger partial charge in [-0.3, -0.25) is 4.98 Å². The molecule has 2 heterocycles. The van der Waals surface area contributed by atoms with Crippen LogP contribution in [0.15, 0.2) is 40.8 Å². The molecule has 3 rings (SSSR count). The van der Waals surface area contributed by atoms with E-state index in [0.29, 0.717) is 0 Å². The second kappa shape index (κ2) is 4.76. The third-order valence-corrected chi connectivity index (χ3v) is 3.63. The van der Waals surface area contributed by atoms with Gasteiger partial charge in [-0.25, -0.2) is 0 Å². The quantitative estimate of drug-likeness (QED) is 0.767. The Labute approximate surface area is 118 Å². The van der Waals surface area contributed by atoms with Crippen molar-refractivity contribution in [2.75, 3.05) is 0 Å². The summed E-state index contributed by atoms with van der Waals surface area (Å²) in [7, 11) is 0. The summed E-state index contributed by atoms with van der Waals surface area (Å²) in [6, 6.07) is 12.1. The molecule has 0 spiro atoms. The van der Waals surface area contributed by atoms with E-state index < -0.39 is 0 Å². The highest BCUT2D eigenvalue weighted by atomic mass is 16.3. The zero-order valence-electron chi connectivity index (χ0n) is 12.0. The molecule has 0 amide bonds. The van der Waals surface area contributed by atoms with Crippen LogP contribution in [-0.4, -0.2) is 4.98 Å². The average molecular weight is 266 g/mol. The lowest BCUT2D eigenvalue weighted by Gasteiger charge is -2.12. The van der Waals surface area contributed by atoms with Crippen molar-refractivity contribution in [2.24, 2.45) is 5.73 Å². The van der Waals surface area contributed by atoms with E-state index in [0.717, 1.165) is 39.2 Å². The van der Waals surface area contributed by atoms with Gasteiger partial charge in [-0.1, -0.05) is 12.1 Å². The lowest BCUT2D eigenvalue weighted by molar-refractivity contribution is 0.499. The van der Waals surface area contributed by atoms with Crippen molar-refractivity contribution in [3.05, 3.63) is 64.7 Å². The molecule has 3 aromatic rings. The molecule has 0 aliphatic carbocycles. The van der Waals surface area contributed by atoms with Gasteiger partial charge >= 0.3 is 0 Å². The Morgan fingerprint density at radius 2 is 1.85 bits per heavy atom. The SMILES string of the molecule is Cc1ccc2cc(C(N)c3cc(C)oc3C)ccc2n1. The normalized spacial score (nSPS) is 12.8. The summed E-state index contributed by atoms with van der Waals surface area (Å²) < 4.78 is 5.57. The maximum Gasteiger partial charge on any atom is 0.106 e. The molecule has 1 aromatic carbocycles. The number of furan rings is 1. The number of nitrogens with two attached hydrogens (primary N) is 1. The molecule has 1 atom stereocenters. The summed E-state index contributed by atoms with van der Waals surface area (Å²) in [6.07, 6.45) is 0. The number of nitrogens with zero attached hydrogens (tertiary/aromatic N) is 1. The monoisotopic (exact) mass is 266 g/mol. The largest absolute Gasteiger partial charge is 0.466 e. The van der Waals surface area contributed by atoms with Crippen LogP contribution in [0, 0.1) is 20.8 Å². The summed E-state index contributed by atoms with van der Waals surface area (Å²) in [5, 5.41) is 1.11. The molecule has 0 fully saturated rings. The van der Waals surface area contributed by atoms with Gasteiger partial charge in [0.25, 0.3) is 0 Å². The van der Waals surface area contributed by atoms with E-state index >= 15 is 0 Å². The van der Waals surface area contributed by atoms with Crippen LogP contribution in [0.2, 0.25) is 0 Å². The zero-order valence-corrected chi connectivity index (χ0v) is 12.0. The highest BCUT2D eigenvalue weighted by molar-refractivity contribution is 5.79. The van der Waals surface area contributed by atoms with Crippen molar-refractivity contribution in [3.63, 3.8) is 0 Å². The average Bonchev–Trinajstić information content (AvgIpc) is 2.76. The van der Waals surface area contributed by atoms with Crippen LogP contribution < -0.4 is 5.73 Å². The summed E-state index contributed by atoms with van der Waals surface area (Å²) in [6.45, 7) is 5.89. The lowest BCUT2D eigenvalue weighted by atomic mass is 9.98. The molecule has 3 nitrogen and oxygen atoms in total. The number of aromatic nitrogens is 1. The lowest BCUT2D eigenvalue weighted by Crippen LogP contribution is -2.12. The number of pyridine rings is 1. The molecule has 0 bridgehead atoms. The first-order chi connectivity index (χ1) is 9.54. The minimum atomic E-state index is -0.168. The number of hydrogen-bond acceptors (Lipinski definition) is 3. The van der Waals surface area contributed by atoms with E-state index in [-0.39, 0.29) is 6.04 Å². The standard InChI is InChI=1S/C17H18N2O/c1-10-4-5-13-9-14(6-7-16(13)19-10)17(18)15-8-11(2)20-12(15)3/h4-9,17H,18H2,1-3H3. The third kappa shape index (κ3) is 2.21. The summed E-state index contributed by atoms with van der Waals surface area (Å²) in [5.41, 5.74) is 10.5. The summed E-state index contributed by atoms with van der Waals surface area (Å²) in [4.78, 5) is 4.51. The van der Waals surface area contributed by atoms with Crippen LogP contribution >= 0.6 is 0 Å². The predicted molar refractivity (Wildman–Crippen MR) is 80.7 cm³/mol. The fourth-order valence-electron chi connectivity index (χ4n) is 2.58. The fourth-order valence-corrected chi connectivity index (χ4v) is 2.58. The molecular formula is C17H18N2O. The molecule has 102 valence electrons. The minimum absolute atomic E-state index is 0.168. The molecule has 0 aliphatic rings. The maximum atomic E-state index is 6.37. The molecule has 2 aromatic heterocycles. The Bertz CT molecular complexity index is 774. The highest BCUT2D eigenvalue weighted by Crippen LogP contribution is 2.27. The number of rotatable bonds is 2. The van der Waals surface area contributed by atoms with Crippen LogP contribution in [0.25, 0.3) is 10.9 Å². The third-order valence-electron chi connectivity index (χ3n) is 3.63. The molecule has 20 heavy (non-hydrogen) atoms. The Kier molecular flexibility index (Phi) is 3.07. The van der Waals surface area contributed by atoms with Crippen molar-refractivity contribution in [3.8, 4) is 0 Å². The summed E-state index contributed by atoms with van der Waals surface area (Å²) >= 11 is 0. The van der Waals surface area contributed by atoms with Crippen LogP contribution in [-0.2, 0) is 0 Å². The highest BCUT2D eigenvalue weighted by Gasteiger charge is 2.15. The number of hydrogen-bond donors (Lipinski definition) is 1. The van der Waals surface area contributed by atoms with Crippen LogP contribution in [0.3, 0.4) is 0 Å². The van der Waals surface area contributed by atoms with E-state index in [9.17, 15) is 0 Å². The Hall–Kier alpha value is -2.13. The van der Waals surface area contributed by atoms with Crippen LogP contribution in [0.5, 0.6) is 0 Å². The first-order valence-corrected chi connectivity index (χ1v) is 6.74. The fraction of sp³-hybridized carbons (Fsp3) is 0.235. The van der Waals surface area contributed by atoms with Gasteiger partial charge in [0.05, 0.1) is 11.6 Å². The van der Waals surface area contributed by atoms with E-state index in [2.05, 4.69) is 17.1 Å². The molecular weight excluding hydrogens is 248 g/mol.